The molecule has 0 amide bonds. The van der Waals surface area contributed by atoms with Gasteiger partial charge in [0.05, 0.1) is 5.56 Å². The van der Waals surface area contributed by atoms with Crippen LogP contribution in [0.3, 0.4) is 0 Å². The Labute approximate surface area is 95.9 Å². The Bertz CT molecular complexity index is 643. The van der Waals surface area contributed by atoms with Crippen molar-refractivity contribution in [3.63, 3.8) is 0 Å². The quantitative estimate of drug-likeness (QED) is 0.791. The molecule has 2 aromatic rings. The summed E-state index contributed by atoms with van der Waals surface area (Å²) in [7, 11) is 0. The van der Waals surface area contributed by atoms with Crippen molar-refractivity contribution in [2.24, 2.45) is 0 Å². The number of aryl methyl sites for hydroxylation is 1. The third-order valence-corrected chi connectivity index (χ3v) is 2.71. The molecule has 0 unspecified atom stereocenters. The average Bonchev–Trinajstić information content (AvgIpc) is 2.22. The molecule has 16 heavy (non-hydrogen) atoms. The third kappa shape index (κ3) is 1.92. The Hall–Kier alpha value is -1.81. The zero-order chi connectivity index (χ0) is 11.7. The summed E-state index contributed by atoms with van der Waals surface area (Å²) in [5.74, 6) is 0. The van der Waals surface area contributed by atoms with Gasteiger partial charge < -0.3 is 4.98 Å². The van der Waals surface area contributed by atoms with Gasteiger partial charge in [0, 0.05) is 11.2 Å². The van der Waals surface area contributed by atoms with Gasteiger partial charge in [0.15, 0.2) is 0 Å². The summed E-state index contributed by atoms with van der Waals surface area (Å²) in [5, 5.41) is 0.586. The fraction of sp³-hybridized carbons (Fsp3) is 0.0909. The third-order valence-electron chi connectivity index (χ3n) is 2.30. The van der Waals surface area contributed by atoms with E-state index in [2.05, 4.69) is 9.97 Å². The largest absolute Gasteiger partial charge is 0.325 e. The maximum absolute atomic E-state index is 11.5. The summed E-state index contributed by atoms with van der Waals surface area (Å²) in [6.45, 7) is 1.88. The van der Waals surface area contributed by atoms with Gasteiger partial charge in [0.1, 0.15) is 0 Å². The highest BCUT2D eigenvalue weighted by Gasteiger charge is 2.05. The van der Waals surface area contributed by atoms with Crippen LogP contribution in [-0.4, -0.2) is 9.97 Å². The highest BCUT2D eigenvalue weighted by Crippen LogP contribution is 2.22. The molecule has 5 heteroatoms. The number of halogens is 1. The molecule has 0 aliphatic heterocycles. The second-order valence-corrected chi connectivity index (χ2v) is 3.86. The Morgan fingerprint density at radius 2 is 2.00 bits per heavy atom. The van der Waals surface area contributed by atoms with E-state index in [9.17, 15) is 9.59 Å². The Kier molecular flexibility index (Phi) is 2.66. The van der Waals surface area contributed by atoms with Gasteiger partial charge in [-0.25, -0.2) is 4.79 Å². The van der Waals surface area contributed by atoms with E-state index in [-0.39, 0.29) is 0 Å². The van der Waals surface area contributed by atoms with Crippen LogP contribution in [0.1, 0.15) is 5.56 Å². The molecule has 82 valence electrons. The van der Waals surface area contributed by atoms with Gasteiger partial charge in [-0.1, -0.05) is 23.7 Å². The highest BCUT2D eigenvalue weighted by molar-refractivity contribution is 6.31. The van der Waals surface area contributed by atoms with E-state index in [1.165, 1.54) is 6.20 Å². The molecular formula is C11H9ClN2O2. The van der Waals surface area contributed by atoms with E-state index in [4.69, 9.17) is 11.6 Å². The molecule has 1 aromatic carbocycles. The molecule has 0 fully saturated rings. The minimum absolute atomic E-state index is 0.390. The van der Waals surface area contributed by atoms with Crippen LogP contribution in [-0.2, 0) is 0 Å². The zero-order valence-corrected chi connectivity index (χ0v) is 9.26. The topological polar surface area (TPSA) is 65.7 Å². The SMILES string of the molecule is Cc1ccc(-c2c[nH]c(=O)[nH]c2=O)cc1Cl. The zero-order valence-electron chi connectivity index (χ0n) is 8.50. The Morgan fingerprint density at radius 3 is 2.62 bits per heavy atom. The first-order valence-corrected chi connectivity index (χ1v) is 5.04. The predicted molar refractivity (Wildman–Crippen MR) is 62.9 cm³/mol. The van der Waals surface area contributed by atoms with Gasteiger partial charge in [0.2, 0.25) is 0 Å². The molecule has 1 heterocycles. The number of aromatic nitrogens is 2. The monoisotopic (exact) mass is 236 g/mol. The first kappa shape index (κ1) is 10.7. The van der Waals surface area contributed by atoms with Crippen LogP contribution in [0, 0.1) is 6.92 Å². The molecule has 0 bridgehead atoms. The molecule has 0 saturated carbocycles. The van der Waals surface area contributed by atoms with Crippen LogP contribution in [0.2, 0.25) is 5.02 Å². The van der Waals surface area contributed by atoms with Crippen LogP contribution < -0.4 is 11.2 Å². The van der Waals surface area contributed by atoms with Crippen molar-refractivity contribution in [1.29, 1.82) is 0 Å². The second-order valence-electron chi connectivity index (χ2n) is 3.45. The molecule has 0 aliphatic rings. The average molecular weight is 237 g/mol. The summed E-state index contributed by atoms with van der Waals surface area (Å²) < 4.78 is 0. The van der Waals surface area contributed by atoms with Crippen LogP contribution in [0.15, 0.2) is 34.0 Å². The van der Waals surface area contributed by atoms with Crippen molar-refractivity contribution in [3.05, 3.63) is 55.8 Å². The standard InChI is InChI=1S/C11H9ClN2O2/c1-6-2-3-7(4-9(6)12)8-5-13-11(16)14-10(8)15/h2-5H,1H3,(H2,13,14,15,16). The van der Waals surface area contributed by atoms with Crippen molar-refractivity contribution in [2.75, 3.05) is 0 Å². The Balaban J connectivity index is 2.63. The normalized spacial score (nSPS) is 10.4. The summed E-state index contributed by atoms with van der Waals surface area (Å²) in [6.07, 6.45) is 1.38. The van der Waals surface area contributed by atoms with Gasteiger partial charge >= 0.3 is 5.69 Å². The van der Waals surface area contributed by atoms with E-state index in [0.29, 0.717) is 16.1 Å². The molecule has 0 aliphatic carbocycles. The lowest BCUT2D eigenvalue weighted by atomic mass is 10.1. The molecule has 2 rings (SSSR count). The van der Waals surface area contributed by atoms with E-state index in [1.807, 2.05) is 13.0 Å². The summed E-state index contributed by atoms with van der Waals surface area (Å²) in [4.78, 5) is 27.0. The van der Waals surface area contributed by atoms with Crippen molar-refractivity contribution in [2.45, 2.75) is 6.92 Å². The molecule has 0 atom stereocenters. The first-order valence-electron chi connectivity index (χ1n) is 4.66. The number of aromatic amines is 2. The molecule has 0 radical (unpaired) electrons. The molecule has 4 nitrogen and oxygen atoms in total. The number of H-pyrrole nitrogens is 2. The fourth-order valence-corrected chi connectivity index (χ4v) is 1.57. The van der Waals surface area contributed by atoms with Crippen molar-refractivity contribution in [3.8, 4) is 11.1 Å². The molecule has 0 saturated heterocycles. The highest BCUT2D eigenvalue weighted by atomic mass is 35.5. The summed E-state index contributed by atoms with van der Waals surface area (Å²) >= 11 is 5.96. The smallest absolute Gasteiger partial charge is 0.313 e. The minimum atomic E-state index is -0.521. The molecule has 1 aromatic heterocycles. The lowest BCUT2D eigenvalue weighted by Gasteiger charge is -2.02. The van der Waals surface area contributed by atoms with Gasteiger partial charge in [-0.15, -0.1) is 0 Å². The van der Waals surface area contributed by atoms with E-state index >= 15 is 0 Å². The molecular weight excluding hydrogens is 228 g/mol. The van der Waals surface area contributed by atoms with Gasteiger partial charge in [-0.05, 0) is 24.1 Å². The predicted octanol–water partition coefficient (Wildman–Crippen LogP) is 1.69. The Morgan fingerprint density at radius 1 is 1.25 bits per heavy atom. The fourth-order valence-electron chi connectivity index (χ4n) is 1.38. The lowest BCUT2D eigenvalue weighted by Crippen LogP contribution is -2.22. The lowest BCUT2D eigenvalue weighted by molar-refractivity contribution is 1.04. The van der Waals surface area contributed by atoms with Crippen LogP contribution in [0.5, 0.6) is 0 Å². The number of rotatable bonds is 1. The summed E-state index contributed by atoms with van der Waals surface area (Å²) in [6, 6.07) is 5.30. The summed E-state index contributed by atoms with van der Waals surface area (Å²) in [5.41, 5.74) is 1.05. The van der Waals surface area contributed by atoms with Crippen LogP contribution >= 0.6 is 11.6 Å². The number of hydrogen-bond donors (Lipinski definition) is 2. The van der Waals surface area contributed by atoms with E-state index in [1.54, 1.807) is 12.1 Å². The number of hydrogen-bond acceptors (Lipinski definition) is 2. The number of nitrogens with one attached hydrogen (secondary N) is 2. The maximum atomic E-state index is 11.5. The first-order chi connectivity index (χ1) is 7.58. The van der Waals surface area contributed by atoms with Gasteiger partial charge in [-0.3, -0.25) is 9.78 Å². The van der Waals surface area contributed by atoms with Crippen LogP contribution in [0.4, 0.5) is 0 Å². The van der Waals surface area contributed by atoms with Gasteiger partial charge in [0.25, 0.3) is 5.56 Å². The minimum Gasteiger partial charge on any atom is -0.313 e. The van der Waals surface area contributed by atoms with Gasteiger partial charge in [-0.2, -0.15) is 0 Å². The van der Waals surface area contributed by atoms with E-state index in [0.717, 1.165) is 5.56 Å². The van der Waals surface area contributed by atoms with Crippen molar-refractivity contribution < 1.29 is 0 Å². The number of benzene rings is 1. The molecule has 2 N–H and O–H groups in total. The van der Waals surface area contributed by atoms with Crippen molar-refractivity contribution >= 4 is 11.6 Å². The van der Waals surface area contributed by atoms with E-state index < -0.39 is 11.2 Å². The van der Waals surface area contributed by atoms with Crippen LogP contribution in [0.25, 0.3) is 11.1 Å². The second kappa shape index (κ2) is 3.98. The van der Waals surface area contributed by atoms with Crippen molar-refractivity contribution in [1.82, 2.24) is 9.97 Å². The molecule has 0 spiro atoms. The maximum Gasteiger partial charge on any atom is 0.325 e.